The Morgan fingerprint density at radius 3 is 2.29 bits per heavy atom. The molecule has 2 amide bonds. The van der Waals surface area contributed by atoms with E-state index in [0.29, 0.717) is 4.90 Å². The van der Waals surface area contributed by atoms with E-state index in [1.165, 1.54) is 6.07 Å². The average molecular weight is 354 g/mol. The fourth-order valence-corrected chi connectivity index (χ4v) is 2.50. The smallest absolute Gasteiger partial charge is 0.324 e. The lowest BCUT2D eigenvalue weighted by molar-refractivity contribution is -0.186. The predicted molar refractivity (Wildman–Crippen MR) is 70.9 cm³/mol. The third-order valence-electron chi connectivity index (χ3n) is 3.55. The first-order valence-electron chi connectivity index (χ1n) is 6.86. The Morgan fingerprint density at radius 1 is 1.08 bits per heavy atom. The van der Waals surface area contributed by atoms with Crippen LogP contribution in [0.15, 0.2) is 24.3 Å². The van der Waals surface area contributed by atoms with Crippen molar-refractivity contribution in [2.24, 2.45) is 0 Å². The van der Waals surface area contributed by atoms with Crippen molar-refractivity contribution in [3.63, 3.8) is 0 Å². The normalized spacial score (nSPS) is 18.6. The lowest BCUT2D eigenvalue weighted by Crippen LogP contribution is -2.48. The summed E-state index contributed by atoms with van der Waals surface area (Å²) < 4.78 is 76.2. The van der Waals surface area contributed by atoms with Crippen LogP contribution in [0.1, 0.15) is 18.4 Å². The lowest BCUT2D eigenvalue weighted by atomic mass is 10.1. The largest absolute Gasteiger partial charge is 0.471 e. The van der Waals surface area contributed by atoms with Gasteiger partial charge >= 0.3 is 18.3 Å². The van der Waals surface area contributed by atoms with E-state index in [0.717, 1.165) is 18.2 Å². The van der Waals surface area contributed by atoms with Gasteiger partial charge in [0, 0.05) is 6.54 Å². The van der Waals surface area contributed by atoms with Crippen LogP contribution in [0.3, 0.4) is 0 Å². The molecule has 4 nitrogen and oxygen atoms in total. The number of amides is 2. The molecule has 0 aromatic heterocycles. The maximum atomic E-state index is 12.9. The van der Waals surface area contributed by atoms with Crippen molar-refractivity contribution >= 4 is 17.5 Å². The first-order chi connectivity index (χ1) is 11.0. The molecule has 1 aliphatic heterocycles. The number of alkyl halides is 6. The van der Waals surface area contributed by atoms with Gasteiger partial charge in [0.1, 0.15) is 6.04 Å². The van der Waals surface area contributed by atoms with Crippen LogP contribution in [0.5, 0.6) is 0 Å². The summed E-state index contributed by atoms with van der Waals surface area (Å²) in [5.41, 5.74) is -1.69. The Morgan fingerprint density at radius 2 is 1.71 bits per heavy atom. The van der Waals surface area contributed by atoms with Gasteiger partial charge in [0.15, 0.2) is 0 Å². The number of halogens is 6. The number of carbonyl (C=O) groups is 2. The Balaban J connectivity index is 2.20. The van der Waals surface area contributed by atoms with Gasteiger partial charge in [0.25, 0.3) is 0 Å². The Kier molecular flexibility index (Phi) is 4.77. The van der Waals surface area contributed by atoms with Crippen LogP contribution in [0.4, 0.5) is 32.0 Å². The fourth-order valence-electron chi connectivity index (χ4n) is 2.50. The highest BCUT2D eigenvalue weighted by atomic mass is 19.4. The second-order valence-corrected chi connectivity index (χ2v) is 5.19. The number of hydrogen-bond acceptors (Lipinski definition) is 2. The van der Waals surface area contributed by atoms with Gasteiger partial charge < -0.3 is 10.2 Å². The molecule has 1 aromatic rings. The molecule has 1 unspecified atom stereocenters. The zero-order valence-electron chi connectivity index (χ0n) is 12.0. The number of nitrogens with one attached hydrogen (secondary N) is 1. The van der Waals surface area contributed by atoms with E-state index in [-0.39, 0.29) is 19.4 Å². The van der Waals surface area contributed by atoms with Gasteiger partial charge in [-0.1, -0.05) is 12.1 Å². The number of para-hydroxylation sites is 1. The number of rotatable bonds is 2. The monoisotopic (exact) mass is 354 g/mol. The molecular formula is C14H12F6N2O2. The molecule has 10 heteroatoms. The summed E-state index contributed by atoms with van der Waals surface area (Å²) >= 11 is 0. The number of carbonyl (C=O) groups excluding carboxylic acids is 2. The van der Waals surface area contributed by atoms with Gasteiger partial charge in [-0.05, 0) is 25.0 Å². The van der Waals surface area contributed by atoms with Gasteiger partial charge in [0.2, 0.25) is 5.91 Å². The van der Waals surface area contributed by atoms with Crippen LogP contribution in [0.2, 0.25) is 0 Å². The molecular weight excluding hydrogens is 342 g/mol. The molecule has 1 fully saturated rings. The van der Waals surface area contributed by atoms with Gasteiger partial charge in [0.05, 0.1) is 11.3 Å². The molecule has 0 spiro atoms. The highest BCUT2D eigenvalue weighted by molar-refractivity contribution is 5.98. The molecule has 132 valence electrons. The predicted octanol–water partition coefficient (Wildman–Crippen LogP) is 3.20. The second kappa shape index (κ2) is 6.33. The molecule has 1 aliphatic rings. The average Bonchev–Trinajstić information content (AvgIpc) is 2.94. The minimum absolute atomic E-state index is 0.0537. The maximum absolute atomic E-state index is 12.9. The van der Waals surface area contributed by atoms with Crippen LogP contribution in [0, 0.1) is 0 Å². The third kappa shape index (κ3) is 3.80. The van der Waals surface area contributed by atoms with E-state index in [1.54, 1.807) is 0 Å². The number of nitrogens with zero attached hydrogens (tertiary/aromatic N) is 1. The molecule has 0 radical (unpaired) electrons. The Labute approximate surface area is 132 Å². The second-order valence-electron chi connectivity index (χ2n) is 5.19. The Hall–Kier alpha value is -2.26. The molecule has 1 atom stereocenters. The summed E-state index contributed by atoms with van der Waals surface area (Å²) in [7, 11) is 0. The third-order valence-corrected chi connectivity index (χ3v) is 3.55. The molecule has 0 saturated carbocycles. The minimum Gasteiger partial charge on any atom is -0.324 e. The first kappa shape index (κ1) is 18.1. The van der Waals surface area contributed by atoms with E-state index in [1.807, 2.05) is 5.32 Å². The fraction of sp³-hybridized carbons (Fsp3) is 0.429. The van der Waals surface area contributed by atoms with Crippen molar-refractivity contribution in [2.45, 2.75) is 31.2 Å². The van der Waals surface area contributed by atoms with Gasteiger partial charge in [-0.2, -0.15) is 26.3 Å². The van der Waals surface area contributed by atoms with E-state index in [2.05, 4.69) is 0 Å². The quantitative estimate of drug-likeness (QED) is 0.830. The van der Waals surface area contributed by atoms with Gasteiger partial charge in [-0.3, -0.25) is 9.59 Å². The van der Waals surface area contributed by atoms with Crippen molar-refractivity contribution in [3.05, 3.63) is 29.8 Å². The molecule has 1 N–H and O–H groups in total. The van der Waals surface area contributed by atoms with Gasteiger partial charge in [-0.15, -0.1) is 0 Å². The van der Waals surface area contributed by atoms with E-state index in [4.69, 9.17) is 0 Å². The van der Waals surface area contributed by atoms with Crippen LogP contribution < -0.4 is 5.32 Å². The number of likely N-dealkylation sites (tertiary alicyclic amines) is 1. The molecule has 24 heavy (non-hydrogen) atoms. The standard InChI is InChI=1S/C14H12F6N2O2/c15-13(16,17)8-4-1-2-5-9(8)21-11(23)10-6-3-7-22(10)12(24)14(18,19)20/h1-2,4-5,10H,3,6-7H2,(H,21,23). The van der Waals surface area contributed by atoms with E-state index < -0.39 is 41.5 Å². The molecule has 0 aliphatic carbocycles. The van der Waals surface area contributed by atoms with Crippen LogP contribution in [0.25, 0.3) is 0 Å². The topological polar surface area (TPSA) is 49.4 Å². The van der Waals surface area contributed by atoms with Crippen molar-refractivity contribution in [1.82, 2.24) is 4.90 Å². The zero-order chi connectivity index (χ0) is 18.1. The Bertz CT molecular complexity index is 641. The molecule has 0 bridgehead atoms. The summed E-state index contributed by atoms with van der Waals surface area (Å²) in [4.78, 5) is 23.7. The zero-order valence-corrected chi connectivity index (χ0v) is 12.0. The number of benzene rings is 1. The lowest BCUT2D eigenvalue weighted by Gasteiger charge is -2.25. The molecule has 1 saturated heterocycles. The van der Waals surface area contributed by atoms with Crippen LogP contribution in [-0.4, -0.2) is 35.5 Å². The van der Waals surface area contributed by atoms with Gasteiger partial charge in [-0.25, -0.2) is 0 Å². The number of hydrogen-bond donors (Lipinski definition) is 1. The SMILES string of the molecule is O=C(Nc1ccccc1C(F)(F)F)C1CCCN1C(=O)C(F)(F)F. The van der Waals surface area contributed by atoms with Crippen molar-refractivity contribution < 1.29 is 35.9 Å². The highest BCUT2D eigenvalue weighted by Crippen LogP contribution is 2.35. The highest BCUT2D eigenvalue weighted by Gasteiger charge is 2.47. The minimum atomic E-state index is -5.15. The molecule has 1 aromatic carbocycles. The molecule has 1 heterocycles. The summed E-state index contributed by atoms with van der Waals surface area (Å²) in [6.45, 7) is -0.280. The van der Waals surface area contributed by atoms with E-state index >= 15 is 0 Å². The summed E-state index contributed by atoms with van der Waals surface area (Å²) in [6, 6.07) is 2.64. The van der Waals surface area contributed by atoms with Crippen molar-refractivity contribution in [3.8, 4) is 0 Å². The van der Waals surface area contributed by atoms with Crippen LogP contribution >= 0.6 is 0 Å². The van der Waals surface area contributed by atoms with E-state index in [9.17, 15) is 35.9 Å². The first-order valence-corrected chi connectivity index (χ1v) is 6.86. The van der Waals surface area contributed by atoms with Crippen molar-refractivity contribution in [1.29, 1.82) is 0 Å². The maximum Gasteiger partial charge on any atom is 0.471 e. The summed E-state index contributed by atoms with van der Waals surface area (Å²) in [5.74, 6) is -3.26. The summed E-state index contributed by atoms with van der Waals surface area (Å²) in [5, 5.41) is 1.98. The summed E-state index contributed by atoms with van der Waals surface area (Å²) in [6.07, 6.45) is -9.78. The number of anilines is 1. The molecule has 2 rings (SSSR count). The van der Waals surface area contributed by atoms with Crippen LogP contribution in [-0.2, 0) is 15.8 Å². The van der Waals surface area contributed by atoms with Crippen molar-refractivity contribution in [2.75, 3.05) is 11.9 Å².